The van der Waals surface area contributed by atoms with Gasteiger partial charge in [-0.1, -0.05) is 24.3 Å². The Hall–Kier alpha value is -1.54. The Kier molecular flexibility index (Phi) is 2.60. The van der Waals surface area contributed by atoms with Crippen LogP contribution in [0.5, 0.6) is 5.75 Å². The molecule has 0 aliphatic heterocycles. The first-order valence-corrected chi connectivity index (χ1v) is 5.07. The van der Waals surface area contributed by atoms with E-state index in [1.807, 2.05) is 18.2 Å². The molecule has 2 aromatic carbocycles. The lowest BCUT2D eigenvalue weighted by molar-refractivity contribution is 0.102. The van der Waals surface area contributed by atoms with Gasteiger partial charge in [0, 0.05) is 10.9 Å². The number of rotatable bonds is 2. The van der Waals surface area contributed by atoms with Gasteiger partial charge in [0.25, 0.3) is 0 Å². The van der Waals surface area contributed by atoms with Gasteiger partial charge < -0.3 is 5.11 Å². The summed E-state index contributed by atoms with van der Waals surface area (Å²) in [6.45, 7) is 0. The first-order chi connectivity index (χ1) is 7.22. The van der Waals surface area contributed by atoms with Crippen LogP contribution in [-0.4, -0.2) is 16.8 Å². The fourth-order valence-corrected chi connectivity index (χ4v) is 1.68. The number of hydrogen-bond donors (Lipinski definition) is 1. The molecule has 0 spiro atoms. The third-order valence-electron chi connectivity index (χ3n) is 2.28. The van der Waals surface area contributed by atoms with Crippen molar-refractivity contribution in [1.29, 1.82) is 0 Å². The summed E-state index contributed by atoms with van der Waals surface area (Å²) in [6, 6.07) is 10.5. The third kappa shape index (κ3) is 1.81. The van der Waals surface area contributed by atoms with Crippen LogP contribution in [-0.2, 0) is 0 Å². The molecule has 0 radical (unpaired) electrons. The standard InChI is InChI=1S/C12H9ClO2/c13-7-12(15)9-5-8-3-1-2-4-10(8)11(14)6-9/h1-6,14H,7H2. The molecule has 2 nitrogen and oxygen atoms in total. The number of carbonyl (C=O) groups excluding carboxylic acids is 1. The van der Waals surface area contributed by atoms with E-state index in [0.717, 1.165) is 10.8 Å². The van der Waals surface area contributed by atoms with E-state index in [-0.39, 0.29) is 17.4 Å². The average Bonchev–Trinajstić information content (AvgIpc) is 2.28. The first kappa shape index (κ1) is 9.99. The van der Waals surface area contributed by atoms with Crippen molar-refractivity contribution in [2.24, 2.45) is 0 Å². The number of alkyl halides is 1. The molecule has 0 heterocycles. The maximum atomic E-state index is 11.4. The molecule has 3 heteroatoms. The van der Waals surface area contributed by atoms with Gasteiger partial charge in [0.1, 0.15) is 5.75 Å². The Morgan fingerprint density at radius 2 is 2.00 bits per heavy atom. The van der Waals surface area contributed by atoms with Gasteiger partial charge in [-0.15, -0.1) is 11.6 Å². The Morgan fingerprint density at radius 1 is 1.27 bits per heavy atom. The summed E-state index contributed by atoms with van der Waals surface area (Å²) in [5.41, 5.74) is 0.446. The minimum Gasteiger partial charge on any atom is -0.507 e. The molecule has 0 saturated carbocycles. The molecule has 0 aliphatic rings. The van der Waals surface area contributed by atoms with E-state index >= 15 is 0 Å². The molecule has 0 bridgehead atoms. The van der Waals surface area contributed by atoms with Crippen LogP contribution in [0.3, 0.4) is 0 Å². The lowest BCUT2D eigenvalue weighted by atomic mass is 10.0. The number of carbonyl (C=O) groups is 1. The predicted octanol–water partition coefficient (Wildman–Crippen LogP) is 2.97. The highest BCUT2D eigenvalue weighted by Gasteiger charge is 2.08. The van der Waals surface area contributed by atoms with Crippen LogP contribution in [0.1, 0.15) is 10.4 Å². The van der Waals surface area contributed by atoms with Crippen LogP contribution >= 0.6 is 11.6 Å². The normalized spacial score (nSPS) is 10.5. The Balaban J connectivity index is 2.67. The van der Waals surface area contributed by atoms with Gasteiger partial charge in [0.15, 0.2) is 5.78 Å². The number of phenols is 1. The first-order valence-electron chi connectivity index (χ1n) is 4.53. The monoisotopic (exact) mass is 220 g/mol. The SMILES string of the molecule is O=C(CCl)c1cc(O)c2ccccc2c1. The fourth-order valence-electron chi connectivity index (χ4n) is 1.53. The Labute approximate surface area is 92.1 Å². The van der Waals surface area contributed by atoms with E-state index in [4.69, 9.17) is 11.6 Å². The van der Waals surface area contributed by atoms with Gasteiger partial charge in [-0.3, -0.25) is 4.79 Å². The summed E-state index contributed by atoms with van der Waals surface area (Å²) < 4.78 is 0. The van der Waals surface area contributed by atoms with Gasteiger partial charge in [-0.2, -0.15) is 0 Å². The number of fused-ring (bicyclic) bond motifs is 1. The molecule has 0 atom stereocenters. The third-order valence-corrected chi connectivity index (χ3v) is 2.53. The zero-order valence-electron chi connectivity index (χ0n) is 7.90. The van der Waals surface area contributed by atoms with E-state index in [2.05, 4.69) is 0 Å². The van der Waals surface area contributed by atoms with Crippen LogP contribution in [0.25, 0.3) is 10.8 Å². The second-order valence-electron chi connectivity index (χ2n) is 3.27. The molecule has 2 rings (SSSR count). The molecule has 76 valence electrons. The molecule has 2 aromatic rings. The van der Waals surface area contributed by atoms with Crippen molar-refractivity contribution in [3.63, 3.8) is 0 Å². The second-order valence-corrected chi connectivity index (χ2v) is 3.54. The van der Waals surface area contributed by atoms with E-state index in [9.17, 15) is 9.90 Å². The molecule has 0 amide bonds. The van der Waals surface area contributed by atoms with Crippen molar-refractivity contribution in [3.8, 4) is 5.75 Å². The summed E-state index contributed by atoms with van der Waals surface area (Å²) >= 11 is 5.46. The lowest BCUT2D eigenvalue weighted by Crippen LogP contribution is -1.99. The summed E-state index contributed by atoms with van der Waals surface area (Å²) in [7, 11) is 0. The summed E-state index contributed by atoms with van der Waals surface area (Å²) in [6.07, 6.45) is 0. The van der Waals surface area contributed by atoms with Crippen molar-refractivity contribution >= 4 is 28.2 Å². The zero-order valence-corrected chi connectivity index (χ0v) is 8.66. The number of phenolic OH excluding ortho intramolecular Hbond substituents is 1. The molecule has 15 heavy (non-hydrogen) atoms. The summed E-state index contributed by atoms with van der Waals surface area (Å²) in [5.74, 6) is -0.142. The molecule has 0 aliphatic carbocycles. The van der Waals surface area contributed by atoms with Crippen molar-refractivity contribution < 1.29 is 9.90 Å². The van der Waals surface area contributed by atoms with Crippen LogP contribution in [0.2, 0.25) is 0 Å². The summed E-state index contributed by atoms with van der Waals surface area (Å²) in [4.78, 5) is 11.4. The number of benzene rings is 2. The molecular formula is C12H9ClO2. The smallest absolute Gasteiger partial charge is 0.177 e. The highest BCUT2D eigenvalue weighted by atomic mass is 35.5. The van der Waals surface area contributed by atoms with Crippen molar-refractivity contribution in [1.82, 2.24) is 0 Å². The van der Waals surface area contributed by atoms with Gasteiger partial charge >= 0.3 is 0 Å². The van der Waals surface area contributed by atoms with Crippen molar-refractivity contribution in [2.75, 3.05) is 5.88 Å². The Morgan fingerprint density at radius 3 is 2.73 bits per heavy atom. The quantitative estimate of drug-likeness (QED) is 0.624. The van der Waals surface area contributed by atoms with Gasteiger partial charge in [0.2, 0.25) is 0 Å². The number of Topliss-reactive ketones (excluding diaryl/α,β-unsaturated/α-hetero) is 1. The van der Waals surface area contributed by atoms with E-state index in [1.165, 1.54) is 6.07 Å². The molecule has 0 unspecified atom stereocenters. The largest absolute Gasteiger partial charge is 0.507 e. The van der Waals surface area contributed by atoms with E-state index < -0.39 is 0 Å². The predicted molar refractivity (Wildman–Crippen MR) is 60.7 cm³/mol. The minimum absolute atomic E-state index is 0.0716. The number of halogens is 1. The minimum atomic E-state index is -0.183. The number of hydrogen-bond acceptors (Lipinski definition) is 2. The van der Waals surface area contributed by atoms with E-state index in [1.54, 1.807) is 12.1 Å². The molecule has 0 aromatic heterocycles. The zero-order chi connectivity index (χ0) is 10.8. The number of aromatic hydroxyl groups is 1. The molecular weight excluding hydrogens is 212 g/mol. The number of ketones is 1. The van der Waals surface area contributed by atoms with Gasteiger partial charge in [0.05, 0.1) is 5.88 Å². The molecule has 0 fully saturated rings. The van der Waals surface area contributed by atoms with Crippen molar-refractivity contribution in [3.05, 3.63) is 42.0 Å². The van der Waals surface area contributed by atoms with Crippen LogP contribution < -0.4 is 0 Å². The lowest BCUT2D eigenvalue weighted by Gasteiger charge is -2.03. The maximum Gasteiger partial charge on any atom is 0.177 e. The average molecular weight is 221 g/mol. The summed E-state index contributed by atoms with van der Waals surface area (Å²) in [5, 5.41) is 11.3. The van der Waals surface area contributed by atoms with Crippen molar-refractivity contribution in [2.45, 2.75) is 0 Å². The van der Waals surface area contributed by atoms with Gasteiger partial charge in [-0.25, -0.2) is 0 Å². The second kappa shape index (κ2) is 3.91. The topological polar surface area (TPSA) is 37.3 Å². The fraction of sp³-hybridized carbons (Fsp3) is 0.0833. The van der Waals surface area contributed by atoms with Crippen LogP contribution in [0, 0.1) is 0 Å². The van der Waals surface area contributed by atoms with Crippen LogP contribution in [0.4, 0.5) is 0 Å². The van der Waals surface area contributed by atoms with E-state index in [0.29, 0.717) is 5.56 Å². The molecule has 1 N–H and O–H groups in total. The van der Waals surface area contributed by atoms with Gasteiger partial charge in [-0.05, 0) is 17.5 Å². The molecule has 0 saturated heterocycles. The highest BCUT2D eigenvalue weighted by molar-refractivity contribution is 6.30. The Bertz CT molecular complexity index is 520. The maximum absolute atomic E-state index is 11.4. The van der Waals surface area contributed by atoms with Crippen LogP contribution in [0.15, 0.2) is 36.4 Å². The highest BCUT2D eigenvalue weighted by Crippen LogP contribution is 2.26.